The molecule has 0 bridgehead atoms. The van der Waals surface area contributed by atoms with Gasteiger partial charge in [-0.15, -0.1) is 0 Å². The van der Waals surface area contributed by atoms with Gasteiger partial charge < -0.3 is 14.5 Å². The van der Waals surface area contributed by atoms with Gasteiger partial charge in [0.15, 0.2) is 5.76 Å². The largest absolute Gasteiger partial charge is 0.486 e. The molecule has 0 saturated carbocycles. The van der Waals surface area contributed by atoms with Crippen LogP contribution >= 0.6 is 0 Å². The molecule has 1 atom stereocenters. The fourth-order valence-electron chi connectivity index (χ4n) is 1.83. The molecule has 2 aromatic rings. The van der Waals surface area contributed by atoms with Gasteiger partial charge in [0.2, 0.25) is 0 Å². The summed E-state index contributed by atoms with van der Waals surface area (Å²) >= 11 is 0. The lowest BCUT2D eigenvalue weighted by atomic mass is 10.2. The molecule has 0 spiro atoms. The normalized spacial score (nSPS) is 12.0. The first-order chi connectivity index (χ1) is 10.1. The molecule has 4 nitrogen and oxygen atoms in total. The second kappa shape index (κ2) is 6.97. The van der Waals surface area contributed by atoms with Crippen LogP contribution in [0.4, 0.5) is 0 Å². The summed E-state index contributed by atoms with van der Waals surface area (Å²) in [6.07, 6.45) is 0.885. The number of carbonyl (C=O) groups is 1. The highest BCUT2D eigenvalue weighted by atomic mass is 16.5. The Labute approximate surface area is 125 Å². The van der Waals surface area contributed by atoms with Crippen LogP contribution < -0.4 is 10.1 Å². The van der Waals surface area contributed by atoms with E-state index >= 15 is 0 Å². The number of carbonyl (C=O) groups excluding carboxylic acids is 1. The summed E-state index contributed by atoms with van der Waals surface area (Å²) in [5.41, 5.74) is 1.14. The van der Waals surface area contributed by atoms with Crippen molar-refractivity contribution < 1.29 is 13.9 Å². The van der Waals surface area contributed by atoms with E-state index in [1.807, 2.05) is 45.0 Å². The minimum Gasteiger partial charge on any atom is -0.486 e. The van der Waals surface area contributed by atoms with E-state index in [2.05, 4.69) is 5.32 Å². The third kappa shape index (κ3) is 4.38. The van der Waals surface area contributed by atoms with Crippen LogP contribution in [-0.2, 0) is 6.61 Å². The molecule has 1 aromatic heterocycles. The van der Waals surface area contributed by atoms with E-state index in [0.717, 1.165) is 17.7 Å². The lowest BCUT2D eigenvalue weighted by Crippen LogP contribution is -2.31. The molecule has 0 aliphatic rings. The van der Waals surface area contributed by atoms with Crippen LogP contribution in [0.2, 0.25) is 0 Å². The van der Waals surface area contributed by atoms with Crippen molar-refractivity contribution in [2.24, 2.45) is 0 Å². The Morgan fingerprint density at radius 2 is 2.14 bits per heavy atom. The molecule has 0 fully saturated rings. The zero-order valence-electron chi connectivity index (χ0n) is 12.7. The van der Waals surface area contributed by atoms with Gasteiger partial charge in [0.05, 0.1) is 0 Å². The first-order valence-electron chi connectivity index (χ1n) is 7.17. The number of benzene rings is 1. The molecule has 1 unspecified atom stereocenters. The highest BCUT2D eigenvalue weighted by molar-refractivity contribution is 5.91. The quantitative estimate of drug-likeness (QED) is 0.881. The maximum absolute atomic E-state index is 11.9. The van der Waals surface area contributed by atoms with E-state index in [4.69, 9.17) is 9.15 Å². The van der Waals surface area contributed by atoms with Gasteiger partial charge >= 0.3 is 0 Å². The number of furan rings is 1. The zero-order valence-corrected chi connectivity index (χ0v) is 12.7. The van der Waals surface area contributed by atoms with Gasteiger partial charge in [-0.25, -0.2) is 0 Å². The number of nitrogens with one attached hydrogen (secondary N) is 1. The van der Waals surface area contributed by atoms with Crippen LogP contribution in [0.5, 0.6) is 5.75 Å². The Kier molecular flexibility index (Phi) is 5.04. The van der Waals surface area contributed by atoms with E-state index in [-0.39, 0.29) is 11.9 Å². The van der Waals surface area contributed by atoms with Crippen molar-refractivity contribution in [1.29, 1.82) is 0 Å². The van der Waals surface area contributed by atoms with Crippen LogP contribution in [0.15, 0.2) is 40.8 Å². The number of rotatable bonds is 6. The van der Waals surface area contributed by atoms with Crippen molar-refractivity contribution in [3.8, 4) is 5.75 Å². The molecule has 0 aliphatic heterocycles. The molecule has 2 rings (SSSR count). The minimum absolute atomic E-state index is 0.134. The van der Waals surface area contributed by atoms with Crippen LogP contribution in [0.1, 0.15) is 42.1 Å². The predicted octanol–water partition coefficient (Wildman–Crippen LogP) is 3.70. The molecular weight excluding hydrogens is 266 g/mol. The van der Waals surface area contributed by atoms with Crippen molar-refractivity contribution in [3.05, 3.63) is 53.5 Å². The molecule has 21 heavy (non-hydrogen) atoms. The molecule has 0 aliphatic carbocycles. The molecule has 1 heterocycles. The molecule has 4 heteroatoms. The summed E-state index contributed by atoms with van der Waals surface area (Å²) in [6.45, 7) is 6.30. The summed E-state index contributed by atoms with van der Waals surface area (Å²) in [4.78, 5) is 11.9. The third-order valence-corrected chi connectivity index (χ3v) is 3.25. The zero-order chi connectivity index (χ0) is 15.2. The number of amides is 1. The van der Waals surface area contributed by atoms with Gasteiger partial charge in [-0.1, -0.05) is 19.1 Å². The maximum atomic E-state index is 11.9. The lowest BCUT2D eigenvalue weighted by molar-refractivity contribution is 0.0907. The molecule has 1 N–H and O–H groups in total. The Balaban J connectivity index is 1.92. The summed E-state index contributed by atoms with van der Waals surface area (Å²) in [6, 6.07) is 11.4. The number of ether oxygens (including phenoxy) is 1. The van der Waals surface area contributed by atoms with Crippen molar-refractivity contribution in [3.63, 3.8) is 0 Å². The Morgan fingerprint density at radius 3 is 2.86 bits per heavy atom. The molecule has 1 amide bonds. The summed E-state index contributed by atoms with van der Waals surface area (Å²) in [7, 11) is 0. The molecule has 0 saturated heterocycles. The Morgan fingerprint density at radius 1 is 1.33 bits per heavy atom. The number of hydrogen-bond acceptors (Lipinski definition) is 3. The highest BCUT2D eigenvalue weighted by Crippen LogP contribution is 2.16. The standard InChI is InChI=1S/C17H21NO3/c1-4-13(3)18-17(19)16-9-8-15(21-16)11-20-14-7-5-6-12(2)10-14/h5-10,13H,4,11H2,1-3H3,(H,18,19). The van der Waals surface area contributed by atoms with E-state index in [0.29, 0.717) is 18.1 Å². The van der Waals surface area contributed by atoms with Crippen molar-refractivity contribution in [2.45, 2.75) is 39.8 Å². The number of hydrogen-bond donors (Lipinski definition) is 1. The van der Waals surface area contributed by atoms with Crippen LogP contribution in [-0.4, -0.2) is 11.9 Å². The van der Waals surface area contributed by atoms with Crippen LogP contribution in [0, 0.1) is 6.92 Å². The van der Waals surface area contributed by atoms with E-state index < -0.39 is 0 Å². The summed E-state index contributed by atoms with van der Waals surface area (Å²) < 4.78 is 11.1. The van der Waals surface area contributed by atoms with Gasteiger partial charge in [-0.3, -0.25) is 4.79 Å². The minimum atomic E-state index is -0.189. The average Bonchev–Trinajstić information content (AvgIpc) is 2.94. The summed E-state index contributed by atoms with van der Waals surface area (Å²) in [5, 5.41) is 2.87. The van der Waals surface area contributed by atoms with Crippen molar-refractivity contribution >= 4 is 5.91 Å². The van der Waals surface area contributed by atoms with Crippen LogP contribution in [0.25, 0.3) is 0 Å². The predicted molar refractivity (Wildman–Crippen MR) is 81.4 cm³/mol. The second-order valence-electron chi connectivity index (χ2n) is 5.15. The lowest BCUT2D eigenvalue weighted by Gasteiger charge is -2.09. The maximum Gasteiger partial charge on any atom is 0.287 e. The Bertz CT molecular complexity index is 604. The first kappa shape index (κ1) is 15.2. The fourth-order valence-corrected chi connectivity index (χ4v) is 1.83. The van der Waals surface area contributed by atoms with Gasteiger partial charge in [-0.05, 0) is 50.1 Å². The summed E-state index contributed by atoms with van der Waals surface area (Å²) in [5.74, 6) is 1.55. The van der Waals surface area contributed by atoms with Gasteiger partial charge in [0, 0.05) is 6.04 Å². The van der Waals surface area contributed by atoms with Crippen LogP contribution in [0.3, 0.4) is 0 Å². The van der Waals surface area contributed by atoms with Gasteiger partial charge in [0.1, 0.15) is 18.1 Å². The van der Waals surface area contributed by atoms with E-state index in [1.165, 1.54) is 0 Å². The van der Waals surface area contributed by atoms with E-state index in [9.17, 15) is 4.79 Å². The molecule has 1 aromatic carbocycles. The molecular formula is C17H21NO3. The van der Waals surface area contributed by atoms with E-state index in [1.54, 1.807) is 12.1 Å². The second-order valence-corrected chi connectivity index (χ2v) is 5.15. The highest BCUT2D eigenvalue weighted by Gasteiger charge is 2.13. The topological polar surface area (TPSA) is 51.5 Å². The monoisotopic (exact) mass is 287 g/mol. The fraction of sp³-hybridized carbons (Fsp3) is 0.353. The van der Waals surface area contributed by atoms with Crippen molar-refractivity contribution in [2.75, 3.05) is 0 Å². The van der Waals surface area contributed by atoms with Crippen molar-refractivity contribution in [1.82, 2.24) is 5.32 Å². The molecule has 112 valence electrons. The number of aryl methyl sites for hydroxylation is 1. The SMILES string of the molecule is CCC(C)NC(=O)c1ccc(COc2cccc(C)c2)o1. The first-order valence-corrected chi connectivity index (χ1v) is 7.17. The van der Waals surface area contributed by atoms with Gasteiger partial charge in [-0.2, -0.15) is 0 Å². The van der Waals surface area contributed by atoms with Gasteiger partial charge in [0.25, 0.3) is 5.91 Å². The smallest absolute Gasteiger partial charge is 0.287 e. The average molecular weight is 287 g/mol. The Hall–Kier alpha value is -2.23. The molecule has 0 radical (unpaired) electrons. The third-order valence-electron chi connectivity index (χ3n) is 3.25.